The second-order valence-electron chi connectivity index (χ2n) is 4.63. The molecule has 1 N–H and O–H groups in total. The summed E-state index contributed by atoms with van der Waals surface area (Å²) in [6.45, 7) is 4.96. The van der Waals surface area contributed by atoms with Gasteiger partial charge in [-0.3, -0.25) is 0 Å². The Bertz CT molecular complexity index is 520. The number of hydrogen-bond donors (Lipinski definition) is 1. The van der Waals surface area contributed by atoms with Crippen molar-refractivity contribution < 1.29 is 5.11 Å². The van der Waals surface area contributed by atoms with E-state index >= 15 is 0 Å². The van der Waals surface area contributed by atoms with E-state index in [4.69, 9.17) is 0 Å². The molecule has 0 saturated heterocycles. The van der Waals surface area contributed by atoms with Gasteiger partial charge in [0.15, 0.2) is 0 Å². The third-order valence-electron chi connectivity index (χ3n) is 2.61. The second kappa shape index (κ2) is 5.63. The number of benzene rings is 1. The fraction of sp³-hybridized carbons (Fsp3) is 0.385. The van der Waals surface area contributed by atoms with Gasteiger partial charge in [0, 0.05) is 16.6 Å². The zero-order valence-electron chi connectivity index (χ0n) is 10.5. The Kier molecular flexibility index (Phi) is 4.14. The van der Waals surface area contributed by atoms with E-state index in [1.165, 1.54) is 0 Å². The Balaban J connectivity index is 2.46. The minimum atomic E-state index is -0.0938. The molecule has 1 heterocycles. The van der Waals surface area contributed by atoms with E-state index < -0.39 is 0 Å². The molecule has 0 bridgehead atoms. The first-order valence-corrected chi connectivity index (χ1v) is 6.70. The summed E-state index contributed by atoms with van der Waals surface area (Å²) in [7, 11) is 0. The highest BCUT2D eigenvalue weighted by Crippen LogP contribution is 2.24. The zero-order valence-corrected chi connectivity index (χ0v) is 12.1. The summed E-state index contributed by atoms with van der Waals surface area (Å²) in [5.74, 6) is 0.479. The number of nitrogens with zero attached hydrogens (tertiary/aromatic N) is 3. The summed E-state index contributed by atoms with van der Waals surface area (Å²) in [5.41, 5.74) is 2.55. The van der Waals surface area contributed by atoms with Crippen LogP contribution in [0.15, 0.2) is 28.7 Å². The molecule has 2 aromatic rings. The Morgan fingerprint density at radius 1 is 1.28 bits per heavy atom. The Labute approximate surface area is 115 Å². The molecule has 0 spiro atoms. The van der Waals surface area contributed by atoms with Crippen molar-refractivity contribution in [3.05, 3.63) is 34.4 Å². The van der Waals surface area contributed by atoms with Gasteiger partial charge in [0.1, 0.15) is 5.69 Å². The summed E-state index contributed by atoms with van der Waals surface area (Å²) in [6.07, 6.45) is 0. The van der Waals surface area contributed by atoms with Crippen LogP contribution in [0.2, 0.25) is 0 Å². The second-order valence-corrected chi connectivity index (χ2v) is 5.54. The van der Waals surface area contributed by atoms with Gasteiger partial charge in [-0.05, 0) is 18.1 Å². The van der Waals surface area contributed by atoms with Crippen LogP contribution in [-0.4, -0.2) is 20.1 Å². The Hall–Kier alpha value is -1.20. The van der Waals surface area contributed by atoms with Crippen molar-refractivity contribution in [1.82, 2.24) is 15.0 Å². The van der Waals surface area contributed by atoms with Crippen molar-refractivity contribution in [3.63, 3.8) is 0 Å². The fourth-order valence-electron chi connectivity index (χ4n) is 1.85. The van der Waals surface area contributed by atoms with Crippen molar-refractivity contribution in [2.24, 2.45) is 5.92 Å². The molecule has 1 aromatic carbocycles. The number of halogens is 1. The van der Waals surface area contributed by atoms with E-state index in [0.717, 1.165) is 22.3 Å². The van der Waals surface area contributed by atoms with E-state index in [9.17, 15) is 5.11 Å². The number of rotatable bonds is 4. The van der Waals surface area contributed by atoms with Crippen LogP contribution in [0.1, 0.15) is 19.5 Å². The van der Waals surface area contributed by atoms with Crippen molar-refractivity contribution in [1.29, 1.82) is 0 Å². The molecule has 4 nitrogen and oxygen atoms in total. The molecule has 0 saturated carbocycles. The molecular weight excluding hydrogens is 294 g/mol. The largest absolute Gasteiger partial charge is 0.390 e. The smallest absolute Gasteiger partial charge is 0.116 e. The zero-order chi connectivity index (χ0) is 13.1. The van der Waals surface area contributed by atoms with Gasteiger partial charge >= 0.3 is 0 Å². The Morgan fingerprint density at radius 3 is 2.50 bits per heavy atom. The summed E-state index contributed by atoms with van der Waals surface area (Å²) in [6, 6.07) is 7.95. The highest BCUT2D eigenvalue weighted by atomic mass is 79.9. The molecule has 0 unspecified atom stereocenters. The average molecular weight is 310 g/mol. The van der Waals surface area contributed by atoms with E-state index in [-0.39, 0.29) is 6.61 Å². The number of hydrogen-bond acceptors (Lipinski definition) is 3. The van der Waals surface area contributed by atoms with E-state index in [2.05, 4.69) is 40.1 Å². The van der Waals surface area contributed by atoms with Crippen molar-refractivity contribution in [3.8, 4) is 11.3 Å². The summed E-state index contributed by atoms with van der Waals surface area (Å²) in [4.78, 5) is 0. The molecule has 0 aliphatic rings. The van der Waals surface area contributed by atoms with Gasteiger partial charge in [-0.1, -0.05) is 47.1 Å². The monoisotopic (exact) mass is 309 g/mol. The third-order valence-corrected chi connectivity index (χ3v) is 3.14. The van der Waals surface area contributed by atoms with Gasteiger partial charge in [-0.25, -0.2) is 4.68 Å². The Morgan fingerprint density at radius 2 is 1.94 bits per heavy atom. The minimum absolute atomic E-state index is 0.0938. The standard InChI is InChI=1S/C13H16BrN3O/c1-9(2)7-17-13(12(8-18)15-16-17)10-3-5-11(14)6-4-10/h3-6,9,18H,7-8H2,1-2H3. The lowest BCUT2D eigenvalue weighted by molar-refractivity contribution is 0.277. The number of aliphatic hydroxyl groups is 1. The summed E-state index contributed by atoms with van der Waals surface area (Å²) < 4.78 is 2.89. The average Bonchev–Trinajstić information content (AvgIpc) is 2.72. The maximum absolute atomic E-state index is 9.36. The maximum Gasteiger partial charge on any atom is 0.116 e. The van der Waals surface area contributed by atoms with Crippen LogP contribution in [-0.2, 0) is 13.2 Å². The predicted molar refractivity (Wildman–Crippen MR) is 73.9 cm³/mol. The highest BCUT2D eigenvalue weighted by molar-refractivity contribution is 9.10. The van der Waals surface area contributed by atoms with Gasteiger partial charge in [0.25, 0.3) is 0 Å². The molecule has 2 rings (SSSR count). The first-order valence-electron chi connectivity index (χ1n) is 5.91. The third kappa shape index (κ3) is 2.79. The van der Waals surface area contributed by atoms with E-state index in [1.807, 2.05) is 28.9 Å². The highest BCUT2D eigenvalue weighted by Gasteiger charge is 2.14. The van der Waals surface area contributed by atoms with Crippen molar-refractivity contribution in [2.45, 2.75) is 27.0 Å². The SMILES string of the molecule is CC(C)Cn1nnc(CO)c1-c1ccc(Br)cc1. The number of aromatic nitrogens is 3. The van der Waals surface area contributed by atoms with Crippen LogP contribution in [0.3, 0.4) is 0 Å². The predicted octanol–water partition coefficient (Wildman–Crippen LogP) is 2.86. The topological polar surface area (TPSA) is 50.9 Å². The normalized spacial score (nSPS) is 11.2. The molecular formula is C13H16BrN3O. The van der Waals surface area contributed by atoms with Gasteiger partial charge in [0.05, 0.1) is 12.3 Å². The van der Waals surface area contributed by atoms with Crippen LogP contribution in [0, 0.1) is 5.92 Å². The molecule has 0 aliphatic heterocycles. The summed E-state index contributed by atoms with van der Waals surface area (Å²) >= 11 is 3.42. The lowest BCUT2D eigenvalue weighted by atomic mass is 10.1. The molecule has 0 radical (unpaired) electrons. The minimum Gasteiger partial charge on any atom is -0.390 e. The number of aliphatic hydroxyl groups excluding tert-OH is 1. The molecule has 0 atom stereocenters. The van der Waals surface area contributed by atoms with Gasteiger partial charge in [-0.2, -0.15) is 0 Å². The van der Waals surface area contributed by atoms with Crippen LogP contribution in [0.25, 0.3) is 11.3 Å². The molecule has 1 aromatic heterocycles. The van der Waals surface area contributed by atoms with Crippen LogP contribution < -0.4 is 0 Å². The van der Waals surface area contributed by atoms with Crippen LogP contribution >= 0.6 is 15.9 Å². The molecule has 0 amide bonds. The molecule has 18 heavy (non-hydrogen) atoms. The summed E-state index contributed by atoms with van der Waals surface area (Å²) in [5, 5.41) is 17.5. The van der Waals surface area contributed by atoms with Gasteiger partial charge in [-0.15, -0.1) is 5.10 Å². The first-order chi connectivity index (χ1) is 8.61. The first kappa shape index (κ1) is 13.2. The van der Waals surface area contributed by atoms with E-state index in [0.29, 0.717) is 11.6 Å². The maximum atomic E-state index is 9.36. The van der Waals surface area contributed by atoms with Crippen LogP contribution in [0.4, 0.5) is 0 Å². The fourth-order valence-corrected chi connectivity index (χ4v) is 2.12. The molecule has 5 heteroatoms. The van der Waals surface area contributed by atoms with Gasteiger partial charge in [0.2, 0.25) is 0 Å². The van der Waals surface area contributed by atoms with E-state index in [1.54, 1.807) is 0 Å². The van der Waals surface area contributed by atoms with Gasteiger partial charge < -0.3 is 5.11 Å². The lowest BCUT2D eigenvalue weighted by Crippen LogP contribution is -2.08. The quantitative estimate of drug-likeness (QED) is 0.945. The lowest BCUT2D eigenvalue weighted by Gasteiger charge is -2.10. The van der Waals surface area contributed by atoms with Crippen molar-refractivity contribution >= 4 is 15.9 Å². The molecule has 0 aliphatic carbocycles. The van der Waals surface area contributed by atoms with Crippen LogP contribution in [0.5, 0.6) is 0 Å². The molecule has 96 valence electrons. The molecule has 0 fully saturated rings. The van der Waals surface area contributed by atoms with Crippen molar-refractivity contribution in [2.75, 3.05) is 0 Å².